The minimum atomic E-state index is -4.63. The highest BCUT2D eigenvalue weighted by atomic mass is 79.9. The molecular formula is C17H14Br2F3N5O4S2. The Morgan fingerprint density at radius 1 is 1.24 bits per heavy atom. The Kier molecular flexibility index (Phi) is 7.45. The van der Waals surface area contributed by atoms with Crippen LogP contribution >= 0.6 is 55.0 Å². The molecule has 5 atom stereocenters. The van der Waals surface area contributed by atoms with Crippen molar-refractivity contribution in [2.75, 3.05) is 6.61 Å². The fourth-order valence-corrected chi connectivity index (χ4v) is 6.19. The van der Waals surface area contributed by atoms with Gasteiger partial charge in [-0.05, 0) is 37.9 Å². The van der Waals surface area contributed by atoms with Gasteiger partial charge in [0.25, 0.3) is 0 Å². The second-order valence-electron chi connectivity index (χ2n) is 6.87. The molecule has 1 fully saturated rings. The standard InChI is InChI=1S/C17H14Br2F3N5O4S2/c18-7-1-6(2-23-14(7)17(20,21)22)33-16-13(30)11(12(29)9(4-28)31-16)27-3-8(25-26-27)15-24-10(19)5-32-15/h1-3,5,9,11-13,16,28-30H,4H2/t9?,11?,12-,13-,16+/m0/s1. The van der Waals surface area contributed by atoms with Gasteiger partial charge < -0.3 is 20.1 Å². The van der Waals surface area contributed by atoms with E-state index in [-0.39, 0.29) is 9.37 Å². The number of thiazole rings is 1. The van der Waals surface area contributed by atoms with Crippen LogP contribution in [0.4, 0.5) is 13.2 Å². The van der Waals surface area contributed by atoms with Gasteiger partial charge in [0.15, 0.2) is 5.69 Å². The van der Waals surface area contributed by atoms with E-state index >= 15 is 0 Å². The molecule has 16 heteroatoms. The summed E-state index contributed by atoms with van der Waals surface area (Å²) in [5.41, 5.74) is -1.72. The van der Waals surface area contributed by atoms with Gasteiger partial charge in [-0.3, -0.25) is 0 Å². The molecule has 4 rings (SSSR count). The first-order valence-corrected chi connectivity index (χ1v) is 12.5. The van der Waals surface area contributed by atoms with Gasteiger partial charge in [-0.25, -0.2) is 14.6 Å². The Morgan fingerprint density at radius 2 is 2.00 bits per heavy atom. The first-order chi connectivity index (χ1) is 15.6. The van der Waals surface area contributed by atoms with Crippen molar-refractivity contribution in [3.8, 4) is 10.7 Å². The number of aliphatic hydroxyl groups excluding tert-OH is 3. The smallest absolute Gasteiger partial charge is 0.394 e. The van der Waals surface area contributed by atoms with E-state index in [1.165, 1.54) is 28.3 Å². The SMILES string of the molecule is OCC1O[C@H](Sc2cnc(C(F)(F)F)c(Br)c2)[C@@H](O)C(n2cc(-c3nc(Br)cs3)nn2)[C@H]1O. The molecule has 0 spiro atoms. The Morgan fingerprint density at radius 3 is 2.61 bits per heavy atom. The van der Waals surface area contributed by atoms with Crippen molar-refractivity contribution in [1.29, 1.82) is 0 Å². The molecule has 33 heavy (non-hydrogen) atoms. The maximum atomic E-state index is 13.0. The number of rotatable bonds is 5. The lowest BCUT2D eigenvalue weighted by atomic mass is 9.97. The van der Waals surface area contributed by atoms with E-state index in [1.54, 1.807) is 5.38 Å². The topological polar surface area (TPSA) is 126 Å². The molecule has 0 saturated carbocycles. The van der Waals surface area contributed by atoms with Crippen molar-refractivity contribution in [3.63, 3.8) is 0 Å². The minimum Gasteiger partial charge on any atom is -0.394 e. The van der Waals surface area contributed by atoms with Crippen molar-refractivity contribution < 1.29 is 33.2 Å². The van der Waals surface area contributed by atoms with Gasteiger partial charge in [-0.1, -0.05) is 17.0 Å². The molecule has 178 valence electrons. The third-order valence-corrected chi connectivity index (χ3v) is 7.99. The third-order valence-electron chi connectivity index (χ3n) is 4.70. The molecule has 0 amide bonds. The molecular weight excluding hydrogens is 619 g/mol. The summed E-state index contributed by atoms with van der Waals surface area (Å²) in [6.45, 7) is -0.558. The van der Waals surface area contributed by atoms with Gasteiger partial charge in [0.05, 0.1) is 12.8 Å². The van der Waals surface area contributed by atoms with Gasteiger partial charge in [0, 0.05) is 20.9 Å². The van der Waals surface area contributed by atoms with Crippen LogP contribution in [0.25, 0.3) is 10.7 Å². The number of nitrogens with zero attached hydrogens (tertiary/aromatic N) is 5. The number of aliphatic hydroxyl groups is 3. The molecule has 1 aliphatic heterocycles. The minimum absolute atomic E-state index is 0.267. The second-order valence-corrected chi connectivity index (χ2v) is 10.6. The third kappa shape index (κ3) is 5.27. The van der Waals surface area contributed by atoms with Crippen molar-refractivity contribution in [2.45, 2.75) is 40.9 Å². The van der Waals surface area contributed by atoms with Crippen LogP contribution in [0.1, 0.15) is 11.7 Å². The summed E-state index contributed by atoms with van der Waals surface area (Å²) in [5.74, 6) is 0. The summed E-state index contributed by atoms with van der Waals surface area (Å²) >= 11 is 8.34. The predicted octanol–water partition coefficient (Wildman–Crippen LogP) is 3.11. The molecule has 4 heterocycles. The van der Waals surface area contributed by atoms with Crippen molar-refractivity contribution in [2.24, 2.45) is 0 Å². The molecule has 1 aliphatic rings. The molecule has 9 nitrogen and oxygen atoms in total. The summed E-state index contributed by atoms with van der Waals surface area (Å²) < 4.78 is 46.1. The lowest BCUT2D eigenvalue weighted by Gasteiger charge is -2.41. The van der Waals surface area contributed by atoms with Crippen LogP contribution in [-0.2, 0) is 10.9 Å². The summed E-state index contributed by atoms with van der Waals surface area (Å²) in [6.07, 6.45) is -5.89. The lowest BCUT2D eigenvalue weighted by Crippen LogP contribution is -2.55. The van der Waals surface area contributed by atoms with Crippen molar-refractivity contribution >= 4 is 55.0 Å². The van der Waals surface area contributed by atoms with E-state index in [0.717, 1.165) is 18.0 Å². The molecule has 0 radical (unpaired) electrons. The van der Waals surface area contributed by atoms with Crippen LogP contribution < -0.4 is 0 Å². The average Bonchev–Trinajstić information content (AvgIpc) is 3.38. The number of thioether (sulfide) groups is 1. The van der Waals surface area contributed by atoms with E-state index in [2.05, 4.69) is 52.1 Å². The number of halogens is 5. The number of hydrogen-bond acceptors (Lipinski definition) is 10. The zero-order valence-corrected chi connectivity index (χ0v) is 20.9. The fourth-order valence-electron chi connectivity index (χ4n) is 3.20. The second kappa shape index (κ2) is 9.85. The van der Waals surface area contributed by atoms with Crippen molar-refractivity contribution in [1.82, 2.24) is 25.0 Å². The number of aromatic nitrogens is 5. The predicted molar refractivity (Wildman–Crippen MR) is 118 cm³/mol. The summed E-state index contributed by atoms with van der Waals surface area (Å²) in [7, 11) is 0. The molecule has 0 bridgehead atoms. The van der Waals surface area contributed by atoms with Gasteiger partial charge >= 0.3 is 6.18 Å². The van der Waals surface area contributed by atoms with E-state index < -0.39 is 48.3 Å². The molecule has 3 aromatic heterocycles. The Balaban J connectivity index is 1.59. The van der Waals surface area contributed by atoms with Crippen LogP contribution in [-0.4, -0.2) is 70.6 Å². The van der Waals surface area contributed by atoms with Crippen LogP contribution in [0.15, 0.2) is 37.8 Å². The van der Waals surface area contributed by atoms with Crippen LogP contribution in [0.2, 0.25) is 0 Å². The first-order valence-electron chi connectivity index (χ1n) is 9.13. The van der Waals surface area contributed by atoms with Gasteiger partial charge in [-0.15, -0.1) is 16.4 Å². The molecule has 2 unspecified atom stereocenters. The van der Waals surface area contributed by atoms with Crippen LogP contribution in [0, 0.1) is 0 Å². The Bertz CT molecular complexity index is 1130. The Labute approximate surface area is 209 Å². The monoisotopic (exact) mass is 631 g/mol. The highest BCUT2D eigenvalue weighted by Crippen LogP contribution is 2.40. The zero-order chi connectivity index (χ0) is 23.9. The highest BCUT2D eigenvalue weighted by Gasteiger charge is 2.46. The van der Waals surface area contributed by atoms with E-state index in [1.807, 2.05) is 0 Å². The maximum Gasteiger partial charge on any atom is 0.434 e. The first kappa shape index (κ1) is 25.0. The molecule has 3 N–H and O–H groups in total. The molecule has 0 aliphatic carbocycles. The summed E-state index contributed by atoms with van der Waals surface area (Å²) in [6, 6.07) is 0.155. The van der Waals surface area contributed by atoms with Gasteiger partial charge in [0.1, 0.15) is 45.1 Å². The van der Waals surface area contributed by atoms with Gasteiger partial charge in [0.2, 0.25) is 0 Å². The number of ether oxygens (including phenoxy) is 1. The molecule has 0 aromatic carbocycles. The van der Waals surface area contributed by atoms with E-state index in [0.29, 0.717) is 15.3 Å². The average molecular weight is 633 g/mol. The van der Waals surface area contributed by atoms with Crippen molar-refractivity contribution in [3.05, 3.63) is 38.6 Å². The van der Waals surface area contributed by atoms with E-state index in [4.69, 9.17) is 4.74 Å². The summed E-state index contributed by atoms with van der Waals surface area (Å²) in [5, 5.41) is 41.7. The van der Waals surface area contributed by atoms with Crippen LogP contribution in [0.5, 0.6) is 0 Å². The normalized spacial score (nSPS) is 26.0. The largest absolute Gasteiger partial charge is 0.434 e. The fraction of sp³-hybridized carbons (Fsp3) is 0.412. The quantitative estimate of drug-likeness (QED) is 0.389. The Hall–Kier alpha value is -1.14. The van der Waals surface area contributed by atoms with Gasteiger partial charge in [-0.2, -0.15) is 13.2 Å². The van der Waals surface area contributed by atoms with E-state index in [9.17, 15) is 28.5 Å². The summed E-state index contributed by atoms with van der Waals surface area (Å²) in [4.78, 5) is 7.97. The number of hydrogen-bond donors (Lipinski definition) is 3. The molecule has 1 saturated heterocycles. The zero-order valence-electron chi connectivity index (χ0n) is 16.1. The maximum absolute atomic E-state index is 13.0. The molecule has 3 aromatic rings. The van der Waals surface area contributed by atoms with Crippen LogP contribution in [0.3, 0.4) is 0 Å². The lowest BCUT2D eigenvalue weighted by molar-refractivity contribution is -0.178. The number of alkyl halides is 3. The highest BCUT2D eigenvalue weighted by molar-refractivity contribution is 9.10. The number of pyridine rings is 1.